The summed E-state index contributed by atoms with van der Waals surface area (Å²) in [5.41, 5.74) is -2.07. The molecule has 0 bridgehead atoms. The average molecular weight is 464 g/mol. The molecule has 9 heteroatoms. The third-order valence-corrected chi connectivity index (χ3v) is 4.65. The number of pyridine rings is 1. The molecule has 0 fully saturated rings. The monoisotopic (exact) mass is 464 g/mol. The molecule has 2 heterocycles. The Kier molecular flexibility index (Phi) is 6.81. The van der Waals surface area contributed by atoms with Gasteiger partial charge in [-0.15, -0.1) is 0 Å². The van der Waals surface area contributed by atoms with Crippen molar-refractivity contribution in [1.29, 1.82) is 0 Å². The lowest BCUT2D eigenvalue weighted by atomic mass is 10.1. The minimum atomic E-state index is -4.73. The van der Waals surface area contributed by atoms with Crippen molar-refractivity contribution in [3.8, 4) is 11.3 Å². The maximum atomic E-state index is 14.3. The van der Waals surface area contributed by atoms with E-state index in [-0.39, 0.29) is 16.8 Å². The lowest BCUT2D eigenvalue weighted by Crippen LogP contribution is -2.15. The number of anilines is 1. The summed E-state index contributed by atoms with van der Waals surface area (Å²) in [5, 5.41) is 2.28. The maximum absolute atomic E-state index is 14.3. The smallest absolute Gasteiger partial charge is 0.322 e. The Labute approximate surface area is 185 Å². The summed E-state index contributed by atoms with van der Waals surface area (Å²) in [7, 11) is 0. The topological polar surface area (TPSA) is 33.5 Å². The quantitative estimate of drug-likeness (QED) is 0.250. The van der Waals surface area contributed by atoms with Gasteiger partial charge in [0.15, 0.2) is 5.95 Å². The number of fused-ring (bicyclic) bond motifs is 1. The van der Waals surface area contributed by atoms with E-state index in [0.29, 0.717) is 0 Å². The SMILES string of the molecule is CC.O=C(Nc1ccc(-c2c(C(F)(F)F)cc3cccc(F)n23)cc1)c1c(F)cccc1F. The molecule has 4 rings (SSSR count). The number of amides is 1. The number of halogens is 6. The van der Waals surface area contributed by atoms with Crippen molar-refractivity contribution < 1.29 is 31.1 Å². The summed E-state index contributed by atoms with van der Waals surface area (Å²) in [5.74, 6) is -4.05. The van der Waals surface area contributed by atoms with Crippen molar-refractivity contribution >= 4 is 17.1 Å². The summed E-state index contributed by atoms with van der Waals surface area (Å²) in [4.78, 5) is 12.2. The molecule has 0 spiro atoms. The molecular weight excluding hydrogens is 446 g/mol. The van der Waals surface area contributed by atoms with Crippen LogP contribution >= 0.6 is 0 Å². The van der Waals surface area contributed by atoms with Crippen molar-refractivity contribution in [1.82, 2.24) is 4.40 Å². The molecule has 3 nitrogen and oxygen atoms in total. The molecule has 0 aliphatic heterocycles. The van der Waals surface area contributed by atoms with Crippen LogP contribution in [0.25, 0.3) is 16.8 Å². The summed E-state index contributed by atoms with van der Waals surface area (Å²) >= 11 is 0. The van der Waals surface area contributed by atoms with Crippen LogP contribution in [0.15, 0.2) is 66.7 Å². The van der Waals surface area contributed by atoms with Crippen LogP contribution in [0.3, 0.4) is 0 Å². The van der Waals surface area contributed by atoms with Crippen molar-refractivity contribution in [3.63, 3.8) is 0 Å². The van der Waals surface area contributed by atoms with E-state index in [1.54, 1.807) is 0 Å². The number of benzene rings is 2. The van der Waals surface area contributed by atoms with Gasteiger partial charge in [0, 0.05) is 11.2 Å². The van der Waals surface area contributed by atoms with Crippen LogP contribution < -0.4 is 5.32 Å². The number of nitrogens with one attached hydrogen (secondary N) is 1. The Bertz CT molecular complexity index is 1270. The van der Waals surface area contributed by atoms with Gasteiger partial charge in [-0.3, -0.25) is 9.20 Å². The second kappa shape index (κ2) is 9.40. The minimum absolute atomic E-state index is 0.0229. The van der Waals surface area contributed by atoms with Crippen LogP contribution in [-0.2, 0) is 6.18 Å². The van der Waals surface area contributed by atoms with Gasteiger partial charge in [-0.2, -0.15) is 17.6 Å². The van der Waals surface area contributed by atoms with Gasteiger partial charge < -0.3 is 5.32 Å². The fraction of sp³-hybridized carbons (Fsp3) is 0.125. The molecule has 172 valence electrons. The first kappa shape index (κ1) is 23.9. The predicted molar refractivity (Wildman–Crippen MR) is 113 cm³/mol. The van der Waals surface area contributed by atoms with Crippen molar-refractivity contribution in [2.75, 3.05) is 5.32 Å². The van der Waals surface area contributed by atoms with Crippen LogP contribution in [0, 0.1) is 17.6 Å². The van der Waals surface area contributed by atoms with E-state index in [1.807, 2.05) is 13.8 Å². The number of hydrogen-bond donors (Lipinski definition) is 1. The average Bonchev–Trinajstić information content (AvgIpc) is 3.17. The third kappa shape index (κ3) is 4.72. The normalized spacial score (nSPS) is 11.2. The second-order valence-electron chi connectivity index (χ2n) is 6.64. The van der Waals surface area contributed by atoms with Crippen LogP contribution in [0.2, 0.25) is 0 Å². The van der Waals surface area contributed by atoms with E-state index >= 15 is 0 Å². The van der Waals surface area contributed by atoms with Crippen molar-refractivity contribution in [2.45, 2.75) is 20.0 Å². The molecule has 0 atom stereocenters. The lowest BCUT2D eigenvalue weighted by Gasteiger charge is -2.12. The highest BCUT2D eigenvalue weighted by molar-refractivity contribution is 6.04. The molecular formula is C24H18F6N2O. The van der Waals surface area contributed by atoms with E-state index in [9.17, 15) is 31.1 Å². The number of carbonyl (C=O) groups is 1. The largest absolute Gasteiger partial charge is 0.418 e. The predicted octanol–water partition coefficient (Wildman–Crippen LogP) is 7.32. The standard InChI is InChI=1S/C22H12F6N2O.C2H6/c23-16-4-2-5-17(24)19(16)21(31)29-13-9-7-12(8-10-13)20-15(22(26,27)28)11-14-3-1-6-18(25)30(14)20;1-2/h1-11H,(H,29,31);1-2H3. The molecule has 0 unspecified atom stereocenters. The molecule has 0 radical (unpaired) electrons. The molecule has 33 heavy (non-hydrogen) atoms. The van der Waals surface area contributed by atoms with Crippen molar-refractivity contribution in [2.24, 2.45) is 0 Å². The first-order valence-corrected chi connectivity index (χ1v) is 9.90. The van der Waals surface area contributed by atoms with Gasteiger partial charge in [0.2, 0.25) is 0 Å². The maximum Gasteiger partial charge on any atom is 0.418 e. The van der Waals surface area contributed by atoms with Gasteiger partial charge in [0.05, 0.1) is 11.3 Å². The van der Waals surface area contributed by atoms with Crippen LogP contribution in [0.5, 0.6) is 0 Å². The highest BCUT2D eigenvalue weighted by Gasteiger charge is 2.36. The molecule has 0 aliphatic carbocycles. The molecule has 4 aromatic rings. The molecule has 1 N–H and O–H groups in total. The van der Waals surface area contributed by atoms with Crippen molar-refractivity contribution in [3.05, 3.63) is 95.4 Å². The van der Waals surface area contributed by atoms with Gasteiger partial charge in [-0.25, -0.2) is 8.78 Å². The molecule has 0 saturated carbocycles. The number of carbonyl (C=O) groups excluding carboxylic acids is 1. The number of nitrogens with zero attached hydrogens (tertiary/aromatic N) is 1. The Morgan fingerprint density at radius 1 is 0.848 bits per heavy atom. The molecule has 1 amide bonds. The zero-order chi connectivity index (χ0) is 24.3. The Hall–Kier alpha value is -3.75. The first-order chi connectivity index (χ1) is 15.7. The molecule has 0 saturated heterocycles. The van der Waals surface area contributed by atoms with E-state index in [1.165, 1.54) is 36.4 Å². The van der Waals surface area contributed by atoms with Crippen LogP contribution in [-0.4, -0.2) is 10.3 Å². The zero-order valence-electron chi connectivity index (χ0n) is 17.5. The Morgan fingerprint density at radius 3 is 2.00 bits per heavy atom. The molecule has 2 aromatic heterocycles. The summed E-state index contributed by atoms with van der Waals surface area (Å²) in [6, 6.07) is 12.5. The van der Waals surface area contributed by atoms with Crippen LogP contribution in [0.4, 0.5) is 32.0 Å². The minimum Gasteiger partial charge on any atom is -0.322 e. The third-order valence-electron chi connectivity index (χ3n) is 4.65. The fourth-order valence-corrected chi connectivity index (χ4v) is 3.30. The number of aromatic nitrogens is 1. The van der Waals surface area contributed by atoms with Gasteiger partial charge >= 0.3 is 6.18 Å². The highest BCUT2D eigenvalue weighted by Crippen LogP contribution is 2.40. The fourth-order valence-electron chi connectivity index (χ4n) is 3.30. The second-order valence-corrected chi connectivity index (χ2v) is 6.64. The van der Waals surface area contributed by atoms with E-state index in [0.717, 1.165) is 34.7 Å². The van der Waals surface area contributed by atoms with E-state index < -0.39 is 46.5 Å². The Balaban J connectivity index is 0.00000149. The summed E-state index contributed by atoms with van der Waals surface area (Å²) in [6.45, 7) is 4.00. The van der Waals surface area contributed by atoms with Crippen LogP contribution in [0.1, 0.15) is 29.8 Å². The van der Waals surface area contributed by atoms with E-state index in [2.05, 4.69) is 5.32 Å². The Morgan fingerprint density at radius 2 is 1.42 bits per heavy atom. The number of alkyl halides is 3. The highest BCUT2D eigenvalue weighted by atomic mass is 19.4. The summed E-state index contributed by atoms with van der Waals surface area (Å²) in [6.07, 6.45) is -4.73. The number of hydrogen-bond acceptors (Lipinski definition) is 1. The lowest BCUT2D eigenvalue weighted by molar-refractivity contribution is -0.137. The molecule has 0 aliphatic rings. The van der Waals surface area contributed by atoms with Gasteiger partial charge in [0.1, 0.15) is 17.2 Å². The number of rotatable bonds is 3. The zero-order valence-corrected chi connectivity index (χ0v) is 17.5. The summed E-state index contributed by atoms with van der Waals surface area (Å²) < 4.78 is 83.3. The van der Waals surface area contributed by atoms with Gasteiger partial charge in [0.25, 0.3) is 5.91 Å². The molecule has 2 aromatic carbocycles. The van der Waals surface area contributed by atoms with Gasteiger partial charge in [-0.05, 0) is 48.0 Å². The van der Waals surface area contributed by atoms with E-state index in [4.69, 9.17) is 0 Å². The van der Waals surface area contributed by atoms with Gasteiger partial charge in [-0.1, -0.05) is 38.1 Å². The first-order valence-electron chi connectivity index (χ1n) is 9.90.